The Hall–Kier alpha value is -1.76. The van der Waals surface area contributed by atoms with Crippen LogP contribution in [0.5, 0.6) is 0 Å². The Labute approximate surface area is 95.0 Å². The summed E-state index contributed by atoms with van der Waals surface area (Å²) in [4.78, 5) is 21.8. The molecule has 0 saturated carbocycles. The molecular formula is C10H10F2O5. The molecule has 0 bridgehead atoms. The molecule has 1 heterocycles. The van der Waals surface area contributed by atoms with Crippen LogP contribution in [0.3, 0.4) is 0 Å². The molecule has 94 valence electrons. The molecule has 0 aliphatic rings. The Kier molecular flexibility index (Phi) is 4.77. The second-order valence-corrected chi connectivity index (χ2v) is 3.11. The van der Waals surface area contributed by atoms with E-state index in [-0.39, 0.29) is 24.5 Å². The van der Waals surface area contributed by atoms with Gasteiger partial charge in [0.25, 0.3) is 6.43 Å². The van der Waals surface area contributed by atoms with Crippen molar-refractivity contribution in [1.82, 2.24) is 0 Å². The lowest BCUT2D eigenvalue weighted by Gasteiger charge is -2.01. The molecule has 1 N–H and O–H groups in total. The molecule has 7 heteroatoms. The van der Waals surface area contributed by atoms with Gasteiger partial charge in [-0.3, -0.25) is 4.79 Å². The number of furan rings is 1. The number of hydrogen-bond acceptors (Lipinski definition) is 4. The maximum Gasteiger partial charge on any atom is 0.371 e. The standard InChI is InChI=1S/C10H10F2O5/c11-9(12)5-16-4-3-6(13)7-1-2-8(17-7)10(14)15/h1-2,9H,3-5H2,(H,14,15). The molecule has 0 fully saturated rings. The van der Waals surface area contributed by atoms with Gasteiger partial charge in [-0.05, 0) is 12.1 Å². The first kappa shape index (κ1) is 13.3. The van der Waals surface area contributed by atoms with Crippen molar-refractivity contribution in [3.8, 4) is 0 Å². The minimum Gasteiger partial charge on any atom is -0.475 e. The summed E-state index contributed by atoms with van der Waals surface area (Å²) in [5.74, 6) is -2.24. The highest BCUT2D eigenvalue weighted by Gasteiger charge is 2.14. The van der Waals surface area contributed by atoms with Crippen LogP contribution in [-0.4, -0.2) is 36.5 Å². The molecule has 0 saturated heterocycles. The Balaban J connectivity index is 2.39. The lowest BCUT2D eigenvalue weighted by molar-refractivity contribution is 0.0167. The van der Waals surface area contributed by atoms with Crippen LogP contribution in [0, 0.1) is 0 Å². The lowest BCUT2D eigenvalue weighted by atomic mass is 10.2. The summed E-state index contributed by atoms with van der Waals surface area (Å²) in [6.07, 6.45) is -2.72. The number of alkyl halides is 2. The van der Waals surface area contributed by atoms with Crippen molar-refractivity contribution in [3.63, 3.8) is 0 Å². The number of rotatable bonds is 7. The summed E-state index contributed by atoms with van der Waals surface area (Å²) >= 11 is 0. The molecule has 5 nitrogen and oxygen atoms in total. The molecule has 0 aliphatic heterocycles. The van der Waals surface area contributed by atoms with E-state index < -0.39 is 24.8 Å². The first-order valence-electron chi connectivity index (χ1n) is 4.73. The highest BCUT2D eigenvalue weighted by atomic mass is 19.3. The van der Waals surface area contributed by atoms with Gasteiger partial charge < -0.3 is 14.3 Å². The summed E-state index contributed by atoms with van der Waals surface area (Å²) in [6.45, 7) is -0.891. The Morgan fingerprint density at radius 1 is 1.35 bits per heavy atom. The van der Waals surface area contributed by atoms with E-state index in [1.165, 1.54) is 6.07 Å². The number of ether oxygens (including phenoxy) is 1. The van der Waals surface area contributed by atoms with E-state index in [0.29, 0.717) is 0 Å². The third-order valence-corrected chi connectivity index (χ3v) is 1.81. The highest BCUT2D eigenvalue weighted by Crippen LogP contribution is 2.10. The fraction of sp³-hybridized carbons (Fsp3) is 0.400. The van der Waals surface area contributed by atoms with Crippen molar-refractivity contribution >= 4 is 11.8 Å². The first-order valence-corrected chi connectivity index (χ1v) is 4.73. The molecule has 0 aromatic carbocycles. The van der Waals surface area contributed by atoms with Crippen molar-refractivity contribution in [1.29, 1.82) is 0 Å². The van der Waals surface area contributed by atoms with Crippen LogP contribution in [-0.2, 0) is 4.74 Å². The van der Waals surface area contributed by atoms with E-state index >= 15 is 0 Å². The molecule has 0 atom stereocenters. The van der Waals surface area contributed by atoms with Crippen LogP contribution in [0.1, 0.15) is 27.5 Å². The number of carbonyl (C=O) groups excluding carboxylic acids is 1. The zero-order chi connectivity index (χ0) is 12.8. The van der Waals surface area contributed by atoms with Crippen molar-refractivity contribution in [2.75, 3.05) is 13.2 Å². The van der Waals surface area contributed by atoms with Crippen LogP contribution in [0.2, 0.25) is 0 Å². The van der Waals surface area contributed by atoms with Crippen LogP contribution in [0.25, 0.3) is 0 Å². The van der Waals surface area contributed by atoms with Crippen molar-refractivity contribution in [2.45, 2.75) is 12.8 Å². The van der Waals surface area contributed by atoms with E-state index in [1.807, 2.05) is 0 Å². The van der Waals surface area contributed by atoms with Gasteiger partial charge in [-0.1, -0.05) is 0 Å². The predicted octanol–water partition coefficient (Wildman–Crippen LogP) is 1.83. The smallest absolute Gasteiger partial charge is 0.371 e. The largest absolute Gasteiger partial charge is 0.475 e. The highest BCUT2D eigenvalue weighted by molar-refractivity contribution is 5.95. The van der Waals surface area contributed by atoms with Gasteiger partial charge in [0.15, 0.2) is 11.5 Å². The number of halogens is 2. The van der Waals surface area contributed by atoms with Gasteiger partial charge in [-0.25, -0.2) is 13.6 Å². The molecule has 1 aromatic heterocycles. The zero-order valence-corrected chi connectivity index (χ0v) is 8.69. The second-order valence-electron chi connectivity index (χ2n) is 3.11. The number of Topliss-reactive ketones (excluding diaryl/α,β-unsaturated/α-hetero) is 1. The van der Waals surface area contributed by atoms with Crippen LogP contribution in [0.4, 0.5) is 8.78 Å². The molecule has 1 aromatic rings. The Bertz CT molecular complexity index is 399. The minimum atomic E-state index is -2.58. The van der Waals surface area contributed by atoms with E-state index in [4.69, 9.17) is 9.52 Å². The summed E-state index contributed by atoms with van der Waals surface area (Å²) in [5.41, 5.74) is 0. The third-order valence-electron chi connectivity index (χ3n) is 1.81. The molecule has 0 unspecified atom stereocenters. The SMILES string of the molecule is O=C(O)c1ccc(C(=O)CCOCC(F)F)o1. The Morgan fingerprint density at radius 3 is 2.53 bits per heavy atom. The molecule has 0 radical (unpaired) electrons. The lowest BCUT2D eigenvalue weighted by Crippen LogP contribution is -2.09. The quantitative estimate of drug-likeness (QED) is 0.588. The summed E-state index contributed by atoms with van der Waals surface area (Å²) in [7, 11) is 0. The van der Waals surface area contributed by atoms with Gasteiger partial charge in [-0.2, -0.15) is 0 Å². The van der Waals surface area contributed by atoms with Gasteiger partial charge in [-0.15, -0.1) is 0 Å². The van der Waals surface area contributed by atoms with Crippen molar-refractivity contribution in [3.05, 3.63) is 23.7 Å². The average Bonchev–Trinajstić information content (AvgIpc) is 2.73. The topological polar surface area (TPSA) is 76.7 Å². The van der Waals surface area contributed by atoms with Gasteiger partial charge >= 0.3 is 5.97 Å². The van der Waals surface area contributed by atoms with Gasteiger partial charge in [0.2, 0.25) is 5.76 Å². The maximum absolute atomic E-state index is 11.7. The number of carboxylic acids is 1. The summed E-state index contributed by atoms with van der Waals surface area (Å²) < 4.78 is 32.6. The summed E-state index contributed by atoms with van der Waals surface area (Å²) in [6, 6.07) is 2.37. The fourth-order valence-corrected chi connectivity index (χ4v) is 1.06. The molecule has 17 heavy (non-hydrogen) atoms. The predicted molar refractivity (Wildman–Crippen MR) is 51.4 cm³/mol. The Morgan fingerprint density at radius 2 is 2.00 bits per heavy atom. The van der Waals surface area contributed by atoms with Gasteiger partial charge in [0.05, 0.1) is 6.61 Å². The van der Waals surface area contributed by atoms with Crippen molar-refractivity contribution in [2.24, 2.45) is 0 Å². The molecular weight excluding hydrogens is 238 g/mol. The van der Waals surface area contributed by atoms with Crippen LogP contribution >= 0.6 is 0 Å². The number of carbonyl (C=O) groups is 2. The van der Waals surface area contributed by atoms with E-state index in [2.05, 4.69) is 4.74 Å². The van der Waals surface area contributed by atoms with E-state index in [1.54, 1.807) is 0 Å². The molecule has 0 spiro atoms. The number of hydrogen-bond donors (Lipinski definition) is 1. The monoisotopic (exact) mass is 248 g/mol. The fourth-order valence-electron chi connectivity index (χ4n) is 1.06. The average molecular weight is 248 g/mol. The minimum absolute atomic E-state index is 0.122. The molecule has 0 amide bonds. The number of aromatic carboxylic acids is 1. The number of carboxylic acid groups (broad SMARTS) is 1. The normalized spacial score (nSPS) is 10.8. The van der Waals surface area contributed by atoms with E-state index in [0.717, 1.165) is 6.07 Å². The van der Waals surface area contributed by atoms with Crippen LogP contribution in [0.15, 0.2) is 16.5 Å². The molecule has 0 aliphatic carbocycles. The first-order chi connectivity index (χ1) is 8.00. The van der Waals surface area contributed by atoms with Gasteiger partial charge in [0.1, 0.15) is 6.61 Å². The van der Waals surface area contributed by atoms with Gasteiger partial charge in [0, 0.05) is 6.42 Å². The summed E-state index contributed by atoms with van der Waals surface area (Å²) in [5, 5.41) is 8.54. The number of ketones is 1. The second kappa shape index (κ2) is 6.09. The van der Waals surface area contributed by atoms with Crippen LogP contribution < -0.4 is 0 Å². The maximum atomic E-state index is 11.7. The third kappa shape index (κ3) is 4.31. The zero-order valence-electron chi connectivity index (χ0n) is 8.69. The molecule has 1 rings (SSSR count). The van der Waals surface area contributed by atoms with Crippen molar-refractivity contribution < 1.29 is 32.6 Å². The van der Waals surface area contributed by atoms with E-state index in [9.17, 15) is 18.4 Å².